The highest BCUT2D eigenvalue weighted by Gasteiger charge is 2.22. The van der Waals surface area contributed by atoms with Gasteiger partial charge in [-0.3, -0.25) is 9.36 Å². The first-order valence-corrected chi connectivity index (χ1v) is 8.36. The molecule has 0 radical (unpaired) electrons. The summed E-state index contributed by atoms with van der Waals surface area (Å²) in [4.78, 5) is 10.3. The van der Waals surface area contributed by atoms with Crippen molar-refractivity contribution in [1.29, 1.82) is 0 Å². The number of aliphatic carboxylic acids is 1. The van der Waals surface area contributed by atoms with Crippen LogP contribution in [0.1, 0.15) is 52.4 Å². The first kappa shape index (κ1) is 17.6. The van der Waals surface area contributed by atoms with Crippen molar-refractivity contribution >= 4 is 13.6 Å². The SMILES string of the molecule is CCOP(=O)(CCCCCCCC(=O)O)OCC. The van der Waals surface area contributed by atoms with E-state index in [0.29, 0.717) is 25.8 Å². The maximum atomic E-state index is 12.1. The van der Waals surface area contributed by atoms with E-state index in [1.54, 1.807) is 13.8 Å². The summed E-state index contributed by atoms with van der Waals surface area (Å²) in [5.74, 6) is -0.743. The van der Waals surface area contributed by atoms with Crippen LogP contribution < -0.4 is 0 Å². The van der Waals surface area contributed by atoms with Crippen LogP contribution in [0.3, 0.4) is 0 Å². The molecular formula is C12H25O5P. The molecule has 0 aliphatic carbocycles. The van der Waals surface area contributed by atoms with E-state index in [0.717, 1.165) is 25.7 Å². The lowest BCUT2D eigenvalue weighted by Crippen LogP contribution is -2.00. The van der Waals surface area contributed by atoms with Gasteiger partial charge in [0.2, 0.25) is 0 Å². The standard InChI is InChI=1S/C12H25O5P/c1-3-16-18(15,17-4-2)11-9-7-5-6-8-10-12(13)14/h3-11H2,1-2H3,(H,13,14). The Morgan fingerprint density at radius 2 is 1.50 bits per heavy atom. The topological polar surface area (TPSA) is 72.8 Å². The third kappa shape index (κ3) is 9.63. The lowest BCUT2D eigenvalue weighted by Gasteiger charge is -2.16. The monoisotopic (exact) mass is 280 g/mol. The van der Waals surface area contributed by atoms with Crippen LogP contribution in [-0.2, 0) is 18.4 Å². The summed E-state index contributed by atoms with van der Waals surface area (Å²) in [6.07, 6.45) is 4.99. The molecule has 6 heteroatoms. The van der Waals surface area contributed by atoms with E-state index in [9.17, 15) is 9.36 Å². The predicted octanol–water partition coefficient (Wildman–Crippen LogP) is 3.68. The van der Waals surface area contributed by atoms with Crippen LogP contribution in [0.2, 0.25) is 0 Å². The molecule has 1 N–H and O–H groups in total. The molecule has 0 spiro atoms. The van der Waals surface area contributed by atoms with E-state index >= 15 is 0 Å². The van der Waals surface area contributed by atoms with Gasteiger partial charge in [-0.15, -0.1) is 0 Å². The van der Waals surface area contributed by atoms with Gasteiger partial charge in [0, 0.05) is 6.42 Å². The van der Waals surface area contributed by atoms with Gasteiger partial charge in [0.1, 0.15) is 0 Å². The van der Waals surface area contributed by atoms with Crippen molar-refractivity contribution in [3.63, 3.8) is 0 Å². The molecule has 0 heterocycles. The minimum absolute atomic E-state index is 0.233. The first-order chi connectivity index (χ1) is 8.54. The minimum atomic E-state index is -2.88. The van der Waals surface area contributed by atoms with Crippen molar-refractivity contribution in [2.75, 3.05) is 19.4 Å². The zero-order valence-corrected chi connectivity index (χ0v) is 12.3. The summed E-state index contributed by atoms with van der Waals surface area (Å²) in [5, 5.41) is 8.47. The summed E-state index contributed by atoms with van der Waals surface area (Å²) in [5.41, 5.74) is 0. The average Bonchev–Trinajstić information content (AvgIpc) is 2.28. The largest absolute Gasteiger partial charge is 0.481 e. The average molecular weight is 280 g/mol. The number of rotatable bonds is 12. The van der Waals surface area contributed by atoms with Crippen LogP contribution in [0.4, 0.5) is 0 Å². The second kappa shape index (κ2) is 10.5. The summed E-state index contributed by atoms with van der Waals surface area (Å²) < 4.78 is 22.4. The van der Waals surface area contributed by atoms with E-state index in [-0.39, 0.29) is 6.42 Å². The van der Waals surface area contributed by atoms with E-state index in [2.05, 4.69) is 0 Å². The van der Waals surface area contributed by atoms with Crippen molar-refractivity contribution in [2.45, 2.75) is 52.4 Å². The Bertz CT molecular complexity index is 257. The molecule has 0 unspecified atom stereocenters. The van der Waals surface area contributed by atoms with E-state index < -0.39 is 13.6 Å². The Morgan fingerprint density at radius 3 is 2.00 bits per heavy atom. The van der Waals surface area contributed by atoms with Gasteiger partial charge in [-0.25, -0.2) is 0 Å². The zero-order valence-electron chi connectivity index (χ0n) is 11.4. The molecule has 0 rings (SSSR count). The van der Waals surface area contributed by atoms with Crippen LogP contribution in [0.25, 0.3) is 0 Å². The van der Waals surface area contributed by atoms with Gasteiger partial charge in [0.15, 0.2) is 0 Å². The van der Waals surface area contributed by atoms with Crippen molar-refractivity contribution in [3.05, 3.63) is 0 Å². The molecule has 5 nitrogen and oxygen atoms in total. The number of carbonyl (C=O) groups is 1. The van der Waals surface area contributed by atoms with Crippen LogP contribution in [0, 0.1) is 0 Å². The van der Waals surface area contributed by atoms with E-state index in [1.807, 2.05) is 0 Å². The first-order valence-electron chi connectivity index (χ1n) is 6.64. The maximum Gasteiger partial charge on any atom is 0.330 e. The minimum Gasteiger partial charge on any atom is -0.481 e. The number of hydrogen-bond donors (Lipinski definition) is 1. The predicted molar refractivity (Wildman–Crippen MR) is 71.1 cm³/mol. The molecule has 0 saturated heterocycles. The van der Waals surface area contributed by atoms with Gasteiger partial charge in [-0.2, -0.15) is 0 Å². The van der Waals surface area contributed by atoms with Crippen molar-refractivity contribution in [1.82, 2.24) is 0 Å². The highest BCUT2D eigenvalue weighted by atomic mass is 31.2. The summed E-state index contributed by atoms with van der Waals surface area (Å²) in [6.45, 7) is 4.40. The number of hydrogen-bond acceptors (Lipinski definition) is 4. The number of carboxylic acid groups (broad SMARTS) is 1. The molecule has 0 aromatic heterocycles. The van der Waals surface area contributed by atoms with Crippen LogP contribution in [-0.4, -0.2) is 30.5 Å². The molecule has 0 amide bonds. The Labute approximate surface area is 109 Å². The van der Waals surface area contributed by atoms with Gasteiger partial charge in [0.25, 0.3) is 0 Å². The maximum absolute atomic E-state index is 12.1. The fourth-order valence-corrected chi connectivity index (χ4v) is 3.40. The smallest absolute Gasteiger partial charge is 0.330 e. The third-order valence-corrected chi connectivity index (χ3v) is 4.64. The Balaban J connectivity index is 3.61. The molecule has 0 aromatic rings. The number of unbranched alkanes of at least 4 members (excludes halogenated alkanes) is 4. The van der Waals surface area contributed by atoms with Crippen LogP contribution in [0.5, 0.6) is 0 Å². The van der Waals surface area contributed by atoms with Crippen LogP contribution in [0.15, 0.2) is 0 Å². The highest BCUT2D eigenvalue weighted by molar-refractivity contribution is 7.53. The van der Waals surface area contributed by atoms with Gasteiger partial charge < -0.3 is 14.2 Å². The molecule has 108 valence electrons. The number of carboxylic acids is 1. The molecule has 18 heavy (non-hydrogen) atoms. The molecule has 0 fully saturated rings. The quantitative estimate of drug-likeness (QED) is 0.436. The zero-order chi connectivity index (χ0) is 13.9. The Hall–Kier alpha value is -0.380. The Morgan fingerprint density at radius 1 is 1.00 bits per heavy atom. The molecule has 0 aromatic carbocycles. The van der Waals surface area contributed by atoms with Gasteiger partial charge >= 0.3 is 13.6 Å². The third-order valence-electron chi connectivity index (χ3n) is 2.47. The fraction of sp³-hybridized carbons (Fsp3) is 0.917. The van der Waals surface area contributed by atoms with Gasteiger partial charge in [-0.1, -0.05) is 19.3 Å². The van der Waals surface area contributed by atoms with Gasteiger partial charge in [-0.05, 0) is 26.7 Å². The molecule has 0 saturated carbocycles. The van der Waals surface area contributed by atoms with Gasteiger partial charge in [0.05, 0.1) is 19.4 Å². The Kier molecular flexibility index (Phi) is 10.3. The summed E-state index contributed by atoms with van der Waals surface area (Å²) in [6, 6.07) is 0. The lowest BCUT2D eigenvalue weighted by molar-refractivity contribution is -0.137. The normalized spacial score (nSPS) is 11.7. The van der Waals surface area contributed by atoms with Crippen molar-refractivity contribution in [3.8, 4) is 0 Å². The second-order valence-electron chi connectivity index (χ2n) is 4.08. The fourth-order valence-electron chi connectivity index (χ4n) is 1.67. The lowest BCUT2D eigenvalue weighted by atomic mass is 10.1. The molecule has 0 aliphatic heterocycles. The highest BCUT2D eigenvalue weighted by Crippen LogP contribution is 2.48. The molecule has 0 atom stereocenters. The second-order valence-corrected chi connectivity index (χ2v) is 6.27. The molecular weight excluding hydrogens is 255 g/mol. The van der Waals surface area contributed by atoms with Crippen LogP contribution >= 0.6 is 7.60 Å². The summed E-state index contributed by atoms with van der Waals surface area (Å²) >= 11 is 0. The molecule has 0 aliphatic rings. The van der Waals surface area contributed by atoms with Crippen molar-refractivity contribution < 1.29 is 23.5 Å². The molecule has 0 bridgehead atoms. The van der Waals surface area contributed by atoms with E-state index in [4.69, 9.17) is 14.2 Å². The van der Waals surface area contributed by atoms with Crippen molar-refractivity contribution in [2.24, 2.45) is 0 Å². The van der Waals surface area contributed by atoms with E-state index in [1.165, 1.54) is 0 Å². The summed E-state index contributed by atoms with van der Waals surface area (Å²) in [7, 11) is -2.88.